The number of hydrogen-bond acceptors (Lipinski definition) is 2. The fraction of sp³-hybridized carbons (Fsp3) is 0.278. The summed E-state index contributed by atoms with van der Waals surface area (Å²) in [6.07, 6.45) is 0.942. The second kappa shape index (κ2) is 6.10. The van der Waals surface area contributed by atoms with Crippen molar-refractivity contribution in [3.05, 3.63) is 65.5 Å². The molecule has 3 aromatic rings. The zero-order chi connectivity index (χ0) is 14.7. The van der Waals surface area contributed by atoms with Crippen LogP contribution in [0.25, 0.3) is 11.0 Å². The van der Waals surface area contributed by atoms with Crippen LogP contribution < -0.4 is 5.32 Å². The normalized spacial score (nSPS) is 11.1. The summed E-state index contributed by atoms with van der Waals surface area (Å²) < 4.78 is 2.18. The molecule has 0 spiro atoms. The molecular weight excluding hydrogens is 258 g/mol. The largest absolute Gasteiger partial charge is 0.331 e. The van der Waals surface area contributed by atoms with Crippen LogP contribution in [-0.4, -0.2) is 16.1 Å². The lowest BCUT2D eigenvalue weighted by molar-refractivity contribution is 0.658. The second-order valence-corrected chi connectivity index (χ2v) is 5.49. The topological polar surface area (TPSA) is 29.9 Å². The number of benzene rings is 2. The van der Waals surface area contributed by atoms with Crippen LogP contribution in [0.1, 0.15) is 17.0 Å². The summed E-state index contributed by atoms with van der Waals surface area (Å²) in [5, 5.41) is 3.49. The maximum atomic E-state index is 4.69. The van der Waals surface area contributed by atoms with Crippen LogP contribution in [0, 0.1) is 6.92 Å². The molecule has 21 heavy (non-hydrogen) atoms. The molecule has 0 radical (unpaired) electrons. The molecule has 0 aliphatic carbocycles. The average molecular weight is 279 g/mol. The minimum absolute atomic E-state index is 0.907. The zero-order valence-corrected chi connectivity index (χ0v) is 12.6. The fourth-order valence-corrected chi connectivity index (χ4v) is 2.56. The third-order valence-corrected chi connectivity index (χ3v) is 3.85. The molecule has 1 heterocycles. The highest BCUT2D eigenvalue weighted by molar-refractivity contribution is 5.75. The highest BCUT2D eigenvalue weighted by Gasteiger charge is 2.06. The molecule has 0 aliphatic rings. The second-order valence-electron chi connectivity index (χ2n) is 5.49. The van der Waals surface area contributed by atoms with Gasteiger partial charge < -0.3 is 9.88 Å². The summed E-state index contributed by atoms with van der Waals surface area (Å²) in [4.78, 5) is 4.69. The van der Waals surface area contributed by atoms with Gasteiger partial charge in [-0.15, -0.1) is 0 Å². The van der Waals surface area contributed by atoms with Crippen LogP contribution >= 0.6 is 0 Å². The number of hydrogen-bond donors (Lipinski definition) is 1. The van der Waals surface area contributed by atoms with Gasteiger partial charge in [0.15, 0.2) is 0 Å². The standard InChI is InChI=1S/C18H21N3/c1-14-7-9-15(10-8-14)13-19-12-11-18-20-16-5-3-4-6-17(16)21(18)2/h3-10,19H,11-13H2,1-2H3. The molecule has 3 rings (SSSR count). The minimum Gasteiger partial charge on any atom is -0.331 e. The maximum absolute atomic E-state index is 4.69. The van der Waals surface area contributed by atoms with E-state index in [1.165, 1.54) is 16.6 Å². The van der Waals surface area contributed by atoms with E-state index in [0.29, 0.717) is 0 Å². The van der Waals surface area contributed by atoms with Gasteiger partial charge in [0.1, 0.15) is 5.82 Å². The van der Waals surface area contributed by atoms with Crippen molar-refractivity contribution in [2.75, 3.05) is 6.54 Å². The average Bonchev–Trinajstić information content (AvgIpc) is 2.82. The highest BCUT2D eigenvalue weighted by Crippen LogP contribution is 2.14. The summed E-state index contributed by atoms with van der Waals surface area (Å²) in [5.74, 6) is 1.13. The first kappa shape index (κ1) is 13.8. The molecule has 0 aliphatic heterocycles. The van der Waals surface area contributed by atoms with E-state index in [2.05, 4.69) is 66.3 Å². The Balaban J connectivity index is 1.57. The number of para-hydroxylation sites is 2. The van der Waals surface area contributed by atoms with Crippen molar-refractivity contribution in [3.63, 3.8) is 0 Å². The number of fused-ring (bicyclic) bond motifs is 1. The summed E-state index contributed by atoms with van der Waals surface area (Å²) in [6.45, 7) is 3.96. The van der Waals surface area contributed by atoms with Crippen molar-refractivity contribution < 1.29 is 0 Å². The van der Waals surface area contributed by atoms with Gasteiger partial charge in [0.25, 0.3) is 0 Å². The van der Waals surface area contributed by atoms with Crippen LogP contribution in [0.5, 0.6) is 0 Å². The van der Waals surface area contributed by atoms with Crippen LogP contribution in [0.2, 0.25) is 0 Å². The Bertz CT molecular complexity index is 726. The maximum Gasteiger partial charge on any atom is 0.110 e. The molecule has 0 unspecified atom stereocenters. The number of aryl methyl sites for hydroxylation is 2. The van der Waals surface area contributed by atoms with Crippen molar-refractivity contribution in [1.29, 1.82) is 0 Å². The van der Waals surface area contributed by atoms with Gasteiger partial charge in [0.2, 0.25) is 0 Å². The van der Waals surface area contributed by atoms with Crippen molar-refractivity contribution in [3.8, 4) is 0 Å². The van der Waals surface area contributed by atoms with Gasteiger partial charge >= 0.3 is 0 Å². The van der Waals surface area contributed by atoms with Gasteiger partial charge in [-0.05, 0) is 24.6 Å². The smallest absolute Gasteiger partial charge is 0.110 e. The fourth-order valence-electron chi connectivity index (χ4n) is 2.56. The molecule has 3 heteroatoms. The summed E-state index contributed by atoms with van der Waals surface area (Å²) >= 11 is 0. The van der Waals surface area contributed by atoms with E-state index in [0.717, 1.165) is 30.9 Å². The number of imidazole rings is 1. The van der Waals surface area contributed by atoms with Gasteiger partial charge in [-0.3, -0.25) is 0 Å². The highest BCUT2D eigenvalue weighted by atomic mass is 15.1. The molecule has 3 nitrogen and oxygen atoms in total. The van der Waals surface area contributed by atoms with Gasteiger partial charge in [-0.25, -0.2) is 4.98 Å². The van der Waals surface area contributed by atoms with Crippen LogP contribution in [0.15, 0.2) is 48.5 Å². The van der Waals surface area contributed by atoms with E-state index in [-0.39, 0.29) is 0 Å². The molecule has 0 atom stereocenters. The molecule has 2 aromatic carbocycles. The van der Waals surface area contributed by atoms with Crippen molar-refractivity contribution in [1.82, 2.24) is 14.9 Å². The first-order chi connectivity index (χ1) is 10.2. The Kier molecular flexibility index (Phi) is 4.02. The lowest BCUT2D eigenvalue weighted by Crippen LogP contribution is -2.18. The van der Waals surface area contributed by atoms with Crippen LogP contribution in [-0.2, 0) is 20.0 Å². The van der Waals surface area contributed by atoms with Crippen molar-refractivity contribution in [2.45, 2.75) is 19.9 Å². The molecule has 0 saturated heterocycles. The van der Waals surface area contributed by atoms with Crippen molar-refractivity contribution >= 4 is 11.0 Å². The van der Waals surface area contributed by atoms with E-state index in [1.54, 1.807) is 0 Å². The van der Waals surface area contributed by atoms with Gasteiger partial charge in [-0.2, -0.15) is 0 Å². The number of aromatic nitrogens is 2. The third kappa shape index (κ3) is 3.14. The predicted molar refractivity (Wildman–Crippen MR) is 87.3 cm³/mol. The molecule has 0 amide bonds. The van der Waals surface area contributed by atoms with E-state index in [9.17, 15) is 0 Å². The Labute approximate surface area is 125 Å². The van der Waals surface area contributed by atoms with E-state index in [1.807, 2.05) is 6.07 Å². The van der Waals surface area contributed by atoms with Gasteiger partial charge in [-0.1, -0.05) is 42.0 Å². The SMILES string of the molecule is Cc1ccc(CNCCc2nc3ccccc3n2C)cc1. The van der Waals surface area contributed by atoms with E-state index >= 15 is 0 Å². The number of rotatable bonds is 5. The Morgan fingerprint density at radius 3 is 2.57 bits per heavy atom. The molecular formula is C18H21N3. The summed E-state index contributed by atoms with van der Waals surface area (Å²) in [6, 6.07) is 16.9. The van der Waals surface area contributed by atoms with E-state index in [4.69, 9.17) is 4.98 Å². The lowest BCUT2D eigenvalue weighted by atomic mass is 10.1. The van der Waals surface area contributed by atoms with Crippen molar-refractivity contribution in [2.24, 2.45) is 7.05 Å². The summed E-state index contributed by atoms with van der Waals surface area (Å²) in [7, 11) is 2.09. The molecule has 108 valence electrons. The number of nitrogens with zero attached hydrogens (tertiary/aromatic N) is 2. The van der Waals surface area contributed by atoms with Gasteiger partial charge in [0, 0.05) is 26.6 Å². The van der Waals surface area contributed by atoms with Gasteiger partial charge in [0.05, 0.1) is 11.0 Å². The first-order valence-electron chi connectivity index (χ1n) is 7.40. The van der Waals surface area contributed by atoms with Crippen LogP contribution in [0.3, 0.4) is 0 Å². The summed E-state index contributed by atoms with van der Waals surface area (Å²) in [5.41, 5.74) is 4.91. The zero-order valence-electron chi connectivity index (χ0n) is 12.6. The Morgan fingerprint density at radius 2 is 1.81 bits per heavy atom. The molecule has 1 aromatic heterocycles. The first-order valence-corrected chi connectivity index (χ1v) is 7.40. The lowest BCUT2D eigenvalue weighted by Gasteiger charge is -2.06. The van der Waals surface area contributed by atoms with Crippen LogP contribution in [0.4, 0.5) is 0 Å². The quantitative estimate of drug-likeness (QED) is 0.727. The third-order valence-electron chi connectivity index (χ3n) is 3.85. The van der Waals surface area contributed by atoms with E-state index < -0.39 is 0 Å². The number of nitrogens with one attached hydrogen (secondary N) is 1. The predicted octanol–water partition coefficient (Wildman–Crippen LogP) is 3.21. The minimum atomic E-state index is 0.907. The molecule has 0 fully saturated rings. The Hall–Kier alpha value is -2.13. The Morgan fingerprint density at radius 1 is 1.05 bits per heavy atom. The molecule has 0 saturated carbocycles. The molecule has 1 N–H and O–H groups in total. The molecule has 0 bridgehead atoms. The monoisotopic (exact) mass is 279 g/mol.